The maximum absolute atomic E-state index is 13.4. The number of H-pyrrole nitrogens is 2. The van der Waals surface area contributed by atoms with E-state index >= 15 is 0 Å². The Bertz CT molecular complexity index is 2100. The quantitative estimate of drug-likeness (QED) is 0.121. The molecule has 6 heterocycles. The molecule has 2 saturated heterocycles. The van der Waals surface area contributed by atoms with Crippen LogP contribution in [0.5, 0.6) is 11.5 Å². The third-order valence-electron chi connectivity index (χ3n) is 10.3. The van der Waals surface area contributed by atoms with E-state index in [0.29, 0.717) is 23.6 Å². The SMILES string of the molecule is COC(=O)C(OC(=O)CC1CSC(c2cc3cc(OC)cc(NC4CCOCC4)c3[nH]2)=N1)C1CSC(c2cc3cc(OC)cc(NC4CCOCC4)c3[nH]2)=N1. The number of hydrogen-bond acceptors (Lipinski definition) is 14. The molecule has 2 aromatic carbocycles. The van der Waals surface area contributed by atoms with Crippen molar-refractivity contribution in [2.45, 2.75) is 62.4 Å². The van der Waals surface area contributed by atoms with Crippen LogP contribution in [0.2, 0.25) is 0 Å². The number of nitrogens with zero attached hydrogens (tertiary/aromatic N) is 2. The lowest BCUT2D eigenvalue weighted by molar-refractivity contribution is -0.167. The fourth-order valence-corrected chi connectivity index (χ4v) is 9.48. The van der Waals surface area contributed by atoms with E-state index in [1.807, 2.05) is 30.3 Å². The van der Waals surface area contributed by atoms with Gasteiger partial charge in [0, 0.05) is 72.9 Å². The lowest BCUT2D eigenvalue weighted by Crippen LogP contribution is -2.39. The first-order chi connectivity index (χ1) is 26.9. The van der Waals surface area contributed by atoms with Gasteiger partial charge >= 0.3 is 11.9 Å². The molecule has 0 spiro atoms. The number of aromatic nitrogens is 2. The summed E-state index contributed by atoms with van der Waals surface area (Å²) in [4.78, 5) is 43.2. The molecule has 0 amide bonds. The van der Waals surface area contributed by atoms with E-state index in [0.717, 1.165) is 118 Å². The van der Waals surface area contributed by atoms with Crippen molar-refractivity contribution in [1.29, 1.82) is 0 Å². The predicted octanol–water partition coefficient (Wildman–Crippen LogP) is 5.75. The van der Waals surface area contributed by atoms with Crippen LogP contribution in [0.25, 0.3) is 21.8 Å². The smallest absolute Gasteiger partial charge is 0.349 e. The van der Waals surface area contributed by atoms with Crippen molar-refractivity contribution in [3.63, 3.8) is 0 Å². The molecule has 55 heavy (non-hydrogen) atoms. The second kappa shape index (κ2) is 16.8. The Balaban J connectivity index is 0.948. The normalized spacial score (nSPS) is 21.3. The number of rotatable bonds is 13. The number of aromatic amines is 2. The van der Waals surface area contributed by atoms with Gasteiger partial charge in [0.15, 0.2) is 0 Å². The van der Waals surface area contributed by atoms with Crippen LogP contribution in [0, 0.1) is 0 Å². The molecule has 0 bridgehead atoms. The largest absolute Gasteiger partial charge is 0.497 e. The number of nitrogens with one attached hydrogen (secondary N) is 4. The van der Waals surface area contributed by atoms with Gasteiger partial charge in [0.25, 0.3) is 0 Å². The highest BCUT2D eigenvalue weighted by Gasteiger charge is 2.38. The third-order valence-corrected chi connectivity index (χ3v) is 12.6. The van der Waals surface area contributed by atoms with E-state index in [-0.39, 0.29) is 12.5 Å². The first-order valence-electron chi connectivity index (χ1n) is 18.7. The van der Waals surface area contributed by atoms with Gasteiger partial charge in [0.05, 0.1) is 67.6 Å². The number of methoxy groups -OCH3 is 3. The molecule has 4 aromatic rings. The van der Waals surface area contributed by atoms with Gasteiger partial charge in [-0.2, -0.15) is 0 Å². The topological polar surface area (TPSA) is 170 Å². The van der Waals surface area contributed by atoms with Gasteiger partial charge in [0.2, 0.25) is 6.10 Å². The Morgan fingerprint density at radius 2 is 1.29 bits per heavy atom. The Morgan fingerprint density at radius 1 is 0.764 bits per heavy atom. The van der Waals surface area contributed by atoms with Gasteiger partial charge in [0.1, 0.15) is 27.6 Å². The van der Waals surface area contributed by atoms with Gasteiger partial charge in [-0.25, -0.2) is 4.79 Å². The fourth-order valence-electron chi connectivity index (χ4n) is 7.39. The summed E-state index contributed by atoms with van der Waals surface area (Å²) in [6, 6.07) is 11.8. The molecular weight excluding hydrogens is 745 g/mol. The lowest BCUT2D eigenvalue weighted by Gasteiger charge is -2.24. The van der Waals surface area contributed by atoms with Crippen LogP contribution >= 0.6 is 23.5 Å². The number of carbonyl (C=O) groups is 2. The van der Waals surface area contributed by atoms with Crippen molar-refractivity contribution in [2.24, 2.45) is 9.98 Å². The molecule has 0 aliphatic carbocycles. The number of thioether (sulfide) groups is 2. The second-order valence-corrected chi connectivity index (χ2v) is 16.1. The minimum absolute atomic E-state index is 0.0256. The molecule has 4 N–H and O–H groups in total. The average molecular weight is 791 g/mol. The minimum atomic E-state index is -1.18. The fraction of sp³-hybridized carbons (Fsp3) is 0.487. The number of fused-ring (bicyclic) bond motifs is 2. The number of hydrogen-bond donors (Lipinski definition) is 4. The molecule has 0 saturated carbocycles. The zero-order valence-electron chi connectivity index (χ0n) is 31.1. The van der Waals surface area contributed by atoms with Crippen molar-refractivity contribution < 1.29 is 38.0 Å². The van der Waals surface area contributed by atoms with Crippen LogP contribution in [0.3, 0.4) is 0 Å². The number of esters is 2. The van der Waals surface area contributed by atoms with E-state index < -0.39 is 24.1 Å². The van der Waals surface area contributed by atoms with Crippen LogP contribution in [0.1, 0.15) is 43.5 Å². The average Bonchev–Trinajstić information content (AvgIpc) is 4.04. The zero-order valence-corrected chi connectivity index (χ0v) is 32.7. The first kappa shape index (κ1) is 37.5. The van der Waals surface area contributed by atoms with Crippen LogP contribution in [0.15, 0.2) is 46.4 Å². The van der Waals surface area contributed by atoms with E-state index in [1.165, 1.54) is 18.9 Å². The molecule has 8 rings (SSSR count). The molecule has 0 radical (unpaired) electrons. The highest BCUT2D eigenvalue weighted by Crippen LogP contribution is 2.36. The summed E-state index contributed by atoms with van der Waals surface area (Å²) in [6.07, 6.45) is 2.57. The molecule has 14 nitrogen and oxygen atoms in total. The van der Waals surface area contributed by atoms with E-state index in [1.54, 1.807) is 26.0 Å². The van der Waals surface area contributed by atoms with Crippen LogP contribution in [-0.2, 0) is 28.5 Å². The Labute approximate surface area is 327 Å². The maximum atomic E-state index is 13.4. The van der Waals surface area contributed by atoms with E-state index in [9.17, 15) is 9.59 Å². The molecule has 2 aromatic heterocycles. The van der Waals surface area contributed by atoms with Gasteiger partial charge in [-0.05, 0) is 49.9 Å². The zero-order chi connectivity index (χ0) is 37.9. The lowest BCUT2D eigenvalue weighted by atomic mass is 10.1. The van der Waals surface area contributed by atoms with Crippen LogP contribution in [-0.4, -0.2) is 122 Å². The van der Waals surface area contributed by atoms with Gasteiger partial charge in [-0.3, -0.25) is 14.8 Å². The molecule has 2 fully saturated rings. The molecule has 292 valence electrons. The second-order valence-electron chi connectivity index (χ2n) is 14.1. The van der Waals surface area contributed by atoms with Gasteiger partial charge in [-0.15, -0.1) is 23.5 Å². The molecule has 3 unspecified atom stereocenters. The Hall–Kier alpha value is -4.38. The van der Waals surface area contributed by atoms with Crippen molar-refractivity contribution in [3.05, 3.63) is 47.8 Å². The molecule has 4 aliphatic heterocycles. The Kier molecular flexibility index (Phi) is 11.4. The van der Waals surface area contributed by atoms with Crippen molar-refractivity contribution in [2.75, 3.05) is 69.9 Å². The number of anilines is 2. The summed E-state index contributed by atoms with van der Waals surface area (Å²) in [5.41, 5.74) is 5.52. The number of benzene rings is 2. The number of ether oxygens (including phenoxy) is 6. The predicted molar refractivity (Wildman–Crippen MR) is 217 cm³/mol. The summed E-state index contributed by atoms with van der Waals surface area (Å²) in [5.74, 6) is 1.41. The highest BCUT2D eigenvalue weighted by molar-refractivity contribution is 8.15. The summed E-state index contributed by atoms with van der Waals surface area (Å²) in [6.45, 7) is 2.94. The summed E-state index contributed by atoms with van der Waals surface area (Å²) in [7, 11) is 4.61. The van der Waals surface area contributed by atoms with Crippen LogP contribution in [0.4, 0.5) is 11.4 Å². The summed E-state index contributed by atoms with van der Waals surface area (Å²) >= 11 is 3.09. The van der Waals surface area contributed by atoms with Crippen molar-refractivity contribution in [3.8, 4) is 11.5 Å². The van der Waals surface area contributed by atoms with Crippen molar-refractivity contribution >= 4 is 78.7 Å². The maximum Gasteiger partial charge on any atom is 0.349 e. The minimum Gasteiger partial charge on any atom is -0.497 e. The van der Waals surface area contributed by atoms with E-state index in [4.69, 9.17) is 38.4 Å². The Morgan fingerprint density at radius 3 is 1.82 bits per heavy atom. The molecule has 3 atom stereocenters. The van der Waals surface area contributed by atoms with Crippen LogP contribution < -0.4 is 20.1 Å². The third kappa shape index (κ3) is 8.42. The summed E-state index contributed by atoms with van der Waals surface area (Å²) in [5, 5.41) is 10.9. The van der Waals surface area contributed by atoms with E-state index in [2.05, 4.69) is 26.7 Å². The molecule has 16 heteroatoms. The summed E-state index contributed by atoms with van der Waals surface area (Å²) < 4.78 is 33.2. The number of carbonyl (C=O) groups excluding carboxylic acids is 2. The molecular formula is C39H46N6O8S2. The van der Waals surface area contributed by atoms with Gasteiger partial charge < -0.3 is 49.0 Å². The highest BCUT2D eigenvalue weighted by atomic mass is 32.2. The number of aliphatic imine (C=N–C) groups is 2. The standard InChI is InChI=1S/C39H46N6O8S2/c1-48-26-12-21-14-30(43-34(21)28(17-26)40-23-4-8-51-9-5-23)37-42-25(19-54-37)16-33(46)53-36(39(47)50-3)32-20-55-38(45-32)31-15-22-13-27(49-2)18-29(35(22)44-31)41-24-6-10-52-11-7-24/h12-15,17-18,23-25,32,36,40-41,43-44H,4-11,16,19-20H2,1-3H3. The molecule has 4 aliphatic rings. The first-order valence-corrected chi connectivity index (χ1v) is 20.6. The van der Waals surface area contributed by atoms with Gasteiger partial charge in [-0.1, -0.05) is 0 Å². The van der Waals surface area contributed by atoms with Crippen molar-refractivity contribution in [1.82, 2.24) is 9.97 Å². The monoisotopic (exact) mass is 790 g/mol.